The molecule has 14 heavy (non-hydrogen) atoms. The monoisotopic (exact) mass is 201 g/mol. The van der Waals surface area contributed by atoms with Gasteiger partial charge in [0.2, 0.25) is 0 Å². The van der Waals surface area contributed by atoms with Crippen molar-refractivity contribution in [3.8, 4) is 0 Å². The van der Waals surface area contributed by atoms with Crippen LogP contribution in [0.25, 0.3) is 0 Å². The summed E-state index contributed by atoms with van der Waals surface area (Å²) in [6.07, 6.45) is 5.87. The van der Waals surface area contributed by atoms with E-state index in [1.54, 1.807) is 0 Å². The second-order valence-corrected chi connectivity index (χ2v) is 4.55. The van der Waals surface area contributed by atoms with Gasteiger partial charge in [-0.2, -0.15) is 0 Å². The third-order valence-electron chi connectivity index (χ3n) is 2.82. The van der Waals surface area contributed by atoms with Crippen LogP contribution in [0.4, 0.5) is 0 Å². The molecule has 0 aromatic carbocycles. The van der Waals surface area contributed by atoms with Gasteiger partial charge in [0.15, 0.2) is 0 Å². The Morgan fingerprint density at radius 2 is 2.36 bits per heavy atom. The molecule has 1 rings (SSSR count). The summed E-state index contributed by atoms with van der Waals surface area (Å²) in [5.74, 6) is 0. The minimum Gasteiger partial charge on any atom is -0.389 e. The van der Waals surface area contributed by atoms with Gasteiger partial charge in [0, 0.05) is 13.2 Å². The number of rotatable bonds is 6. The Morgan fingerprint density at radius 1 is 1.57 bits per heavy atom. The minimum atomic E-state index is -0.562. The Kier molecular flexibility index (Phi) is 4.85. The Bertz CT molecular complexity index is 153. The highest BCUT2D eigenvalue weighted by Gasteiger charge is 2.21. The third kappa shape index (κ3) is 4.40. The van der Waals surface area contributed by atoms with Crippen LogP contribution in [0.5, 0.6) is 0 Å². The van der Waals surface area contributed by atoms with E-state index in [9.17, 15) is 5.11 Å². The lowest BCUT2D eigenvalue weighted by Crippen LogP contribution is -2.36. The van der Waals surface area contributed by atoms with E-state index in [-0.39, 0.29) is 0 Å². The highest BCUT2D eigenvalue weighted by atomic mass is 16.5. The predicted molar refractivity (Wildman–Crippen MR) is 57.4 cm³/mol. The molecule has 0 aromatic rings. The third-order valence-corrected chi connectivity index (χ3v) is 2.82. The van der Waals surface area contributed by atoms with E-state index >= 15 is 0 Å². The largest absolute Gasteiger partial charge is 0.389 e. The summed E-state index contributed by atoms with van der Waals surface area (Å²) in [5.41, 5.74) is -0.562. The molecule has 0 aromatic heterocycles. The summed E-state index contributed by atoms with van der Waals surface area (Å²) in [5, 5.41) is 12.9. The molecule has 0 aliphatic carbocycles. The zero-order valence-electron chi connectivity index (χ0n) is 9.38. The molecule has 0 saturated carbocycles. The quantitative estimate of drug-likeness (QED) is 0.681. The van der Waals surface area contributed by atoms with E-state index in [1.165, 1.54) is 12.8 Å². The molecule has 3 heteroatoms. The average molecular weight is 201 g/mol. The highest BCUT2D eigenvalue weighted by molar-refractivity contribution is 4.75. The number of likely N-dealkylation sites (N-methyl/N-ethyl adjacent to an activating group) is 1. The van der Waals surface area contributed by atoms with Crippen LogP contribution in [-0.2, 0) is 4.74 Å². The fraction of sp³-hybridized carbons (Fsp3) is 1.00. The number of hydrogen-bond donors (Lipinski definition) is 2. The summed E-state index contributed by atoms with van der Waals surface area (Å²) in [6.45, 7) is 3.48. The number of ether oxygens (including phenoxy) is 1. The van der Waals surface area contributed by atoms with Crippen molar-refractivity contribution in [3.63, 3.8) is 0 Å². The first-order valence-corrected chi connectivity index (χ1v) is 5.63. The van der Waals surface area contributed by atoms with E-state index in [0.717, 1.165) is 25.9 Å². The summed E-state index contributed by atoms with van der Waals surface area (Å²) < 4.78 is 5.53. The molecule has 2 unspecified atom stereocenters. The van der Waals surface area contributed by atoms with E-state index < -0.39 is 5.60 Å². The number of hydrogen-bond acceptors (Lipinski definition) is 3. The second kappa shape index (κ2) is 5.69. The maximum Gasteiger partial charge on any atom is 0.0743 e. The molecule has 1 aliphatic rings. The summed E-state index contributed by atoms with van der Waals surface area (Å²) >= 11 is 0. The lowest BCUT2D eigenvalue weighted by atomic mass is 9.97. The molecular weight excluding hydrogens is 178 g/mol. The Morgan fingerprint density at radius 3 is 2.93 bits per heavy atom. The summed E-state index contributed by atoms with van der Waals surface area (Å²) in [4.78, 5) is 0. The Hall–Kier alpha value is -0.120. The van der Waals surface area contributed by atoms with Gasteiger partial charge >= 0.3 is 0 Å². The van der Waals surface area contributed by atoms with Gasteiger partial charge in [0.1, 0.15) is 0 Å². The zero-order valence-corrected chi connectivity index (χ0v) is 9.38. The molecule has 2 atom stereocenters. The average Bonchev–Trinajstić information content (AvgIpc) is 2.56. The summed E-state index contributed by atoms with van der Waals surface area (Å²) in [7, 11) is 1.87. The van der Waals surface area contributed by atoms with Gasteiger partial charge in [0.25, 0.3) is 0 Å². The molecule has 1 fully saturated rings. The molecule has 0 bridgehead atoms. The molecule has 0 amide bonds. The molecule has 84 valence electrons. The van der Waals surface area contributed by atoms with Crippen LogP contribution in [0.2, 0.25) is 0 Å². The molecular formula is C11H23NO2. The minimum absolute atomic E-state index is 0.459. The Balaban J connectivity index is 2.07. The first kappa shape index (κ1) is 12.0. The van der Waals surface area contributed by atoms with Crippen LogP contribution in [0, 0.1) is 0 Å². The van der Waals surface area contributed by atoms with Gasteiger partial charge in [-0.1, -0.05) is 0 Å². The van der Waals surface area contributed by atoms with Crippen molar-refractivity contribution in [2.45, 2.75) is 50.7 Å². The molecule has 3 nitrogen and oxygen atoms in total. The SMILES string of the molecule is CNCC(C)(O)CCCC1CCCO1. The topological polar surface area (TPSA) is 41.5 Å². The maximum absolute atomic E-state index is 9.89. The molecule has 0 spiro atoms. The lowest BCUT2D eigenvalue weighted by Gasteiger charge is -2.23. The second-order valence-electron chi connectivity index (χ2n) is 4.55. The normalized spacial score (nSPS) is 26.4. The molecule has 0 radical (unpaired) electrons. The first-order chi connectivity index (χ1) is 6.64. The molecule has 1 saturated heterocycles. The molecule has 1 heterocycles. The highest BCUT2D eigenvalue weighted by Crippen LogP contribution is 2.20. The number of aliphatic hydroxyl groups is 1. The summed E-state index contributed by atoms with van der Waals surface area (Å²) in [6, 6.07) is 0. The lowest BCUT2D eigenvalue weighted by molar-refractivity contribution is 0.0421. The van der Waals surface area contributed by atoms with Crippen molar-refractivity contribution in [1.29, 1.82) is 0 Å². The smallest absolute Gasteiger partial charge is 0.0743 e. The number of nitrogens with one attached hydrogen (secondary N) is 1. The van der Waals surface area contributed by atoms with Crippen molar-refractivity contribution in [2.24, 2.45) is 0 Å². The van der Waals surface area contributed by atoms with Gasteiger partial charge < -0.3 is 15.2 Å². The van der Waals surface area contributed by atoms with Gasteiger partial charge in [-0.25, -0.2) is 0 Å². The van der Waals surface area contributed by atoms with Crippen molar-refractivity contribution in [3.05, 3.63) is 0 Å². The van der Waals surface area contributed by atoms with E-state index in [2.05, 4.69) is 5.32 Å². The van der Waals surface area contributed by atoms with Crippen molar-refractivity contribution < 1.29 is 9.84 Å². The van der Waals surface area contributed by atoms with Crippen molar-refractivity contribution in [1.82, 2.24) is 5.32 Å². The molecule has 1 aliphatic heterocycles. The van der Waals surface area contributed by atoms with E-state index in [1.807, 2.05) is 14.0 Å². The molecule has 2 N–H and O–H groups in total. The fourth-order valence-electron chi connectivity index (χ4n) is 2.05. The van der Waals surface area contributed by atoms with Gasteiger partial charge in [0.05, 0.1) is 11.7 Å². The van der Waals surface area contributed by atoms with Crippen LogP contribution in [0.1, 0.15) is 39.0 Å². The Labute approximate surface area is 86.8 Å². The van der Waals surface area contributed by atoms with Crippen LogP contribution < -0.4 is 5.32 Å². The zero-order chi connectivity index (χ0) is 10.4. The van der Waals surface area contributed by atoms with Crippen molar-refractivity contribution in [2.75, 3.05) is 20.2 Å². The van der Waals surface area contributed by atoms with Crippen molar-refractivity contribution >= 4 is 0 Å². The van der Waals surface area contributed by atoms with Crippen LogP contribution in [0.15, 0.2) is 0 Å². The van der Waals surface area contributed by atoms with Crippen LogP contribution in [-0.4, -0.2) is 37.0 Å². The predicted octanol–water partition coefficient (Wildman–Crippen LogP) is 1.31. The van der Waals surface area contributed by atoms with Gasteiger partial charge in [-0.3, -0.25) is 0 Å². The van der Waals surface area contributed by atoms with E-state index in [0.29, 0.717) is 12.6 Å². The first-order valence-electron chi connectivity index (χ1n) is 5.63. The van der Waals surface area contributed by atoms with E-state index in [4.69, 9.17) is 4.74 Å². The van der Waals surface area contributed by atoms with Gasteiger partial charge in [-0.05, 0) is 46.1 Å². The maximum atomic E-state index is 9.89. The van der Waals surface area contributed by atoms with Crippen LogP contribution >= 0.6 is 0 Å². The standard InChI is InChI=1S/C11H23NO2/c1-11(13,9-12-2)7-3-5-10-6-4-8-14-10/h10,12-13H,3-9H2,1-2H3. The van der Waals surface area contributed by atoms with Crippen LogP contribution in [0.3, 0.4) is 0 Å². The fourth-order valence-corrected chi connectivity index (χ4v) is 2.05. The van der Waals surface area contributed by atoms with Gasteiger partial charge in [-0.15, -0.1) is 0 Å².